The van der Waals surface area contributed by atoms with Gasteiger partial charge in [-0.3, -0.25) is 0 Å². The van der Waals surface area contributed by atoms with Gasteiger partial charge >= 0.3 is 73.2 Å². The molecule has 0 amide bonds. The molecule has 1 aromatic rings. The van der Waals surface area contributed by atoms with E-state index in [2.05, 4.69) is 16.8 Å². The van der Waals surface area contributed by atoms with Crippen LogP contribution in [0.2, 0.25) is 5.21 Å². The summed E-state index contributed by atoms with van der Waals surface area (Å²) in [6, 6.07) is 0. The maximum atomic E-state index is 4.04. The number of thiazole rings is 1. The second-order valence-electron chi connectivity index (χ2n) is 1.68. The SMILES string of the molecule is [AsH2]CCC#Cc1nccs1. The van der Waals surface area contributed by atoms with Crippen LogP contribution in [0, 0.1) is 11.8 Å². The van der Waals surface area contributed by atoms with E-state index < -0.39 is 0 Å². The fourth-order valence-electron chi connectivity index (χ4n) is 0.495. The zero-order valence-corrected chi connectivity index (χ0v) is 8.74. The van der Waals surface area contributed by atoms with E-state index in [1.165, 1.54) is 5.21 Å². The number of rotatable bonds is 1. The topological polar surface area (TPSA) is 12.9 Å². The summed E-state index contributed by atoms with van der Waals surface area (Å²) in [6.45, 7) is 0. The Morgan fingerprint density at radius 3 is 3.20 bits per heavy atom. The Hall–Kier alpha value is -0.252. The van der Waals surface area contributed by atoms with Crippen LogP contribution in [-0.2, 0) is 0 Å². The van der Waals surface area contributed by atoms with Crippen molar-refractivity contribution in [2.45, 2.75) is 11.6 Å². The molecule has 0 N–H and O–H groups in total. The average Bonchev–Trinajstić information content (AvgIpc) is 2.41. The summed E-state index contributed by atoms with van der Waals surface area (Å²) in [6.07, 6.45) is 2.78. The van der Waals surface area contributed by atoms with Crippen LogP contribution in [0.15, 0.2) is 11.6 Å². The van der Waals surface area contributed by atoms with Gasteiger partial charge in [-0.05, 0) is 0 Å². The van der Waals surface area contributed by atoms with E-state index in [0.717, 1.165) is 11.4 Å². The van der Waals surface area contributed by atoms with Crippen molar-refractivity contribution in [3.05, 3.63) is 16.6 Å². The Kier molecular flexibility index (Phi) is 3.57. The van der Waals surface area contributed by atoms with Crippen LogP contribution in [0.5, 0.6) is 0 Å². The summed E-state index contributed by atoms with van der Waals surface area (Å²) >= 11 is 3.32. The van der Waals surface area contributed by atoms with Gasteiger partial charge in [0, 0.05) is 0 Å². The van der Waals surface area contributed by atoms with Crippen molar-refractivity contribution in [1.29, 1.82) is 0 Å². The van der Waals surface area contributed by atoms with Crippen molar-refractivity contribution >= 4 is 28.2 Å². The van der Waals surface area contributed by atoms with Crippen LogP contribution in [0.25, 0.3) is 0 Å². The van der Waals surface area contributed by atoms with E-state index in [4.69, 9.17) is 0 Å². The normalized spacial score (nSPS) is 8.50. The number of hydrogen-bond acceptors (Lipinski definition) is 2. The molecular weight excluding hydrogens is 205 g/mol. The Labute approximate surface area is 73.4 Å². The molecule has 1 aromatic heterocycles. The van der Waals surface area contributed by atoms with Gasteiger partial charge < -0.3 is 0 Å². The Bertz CT molecular complexity index is 232. The number of hydrogen-bond donors (Lipinski definition) is 0. The van der Waals surface area contributed by atoms with Crippen molar-refractivity contribution in [3.8, 4) is 11.8 Å². The summed E-state index contributed by atoms with van der Waals surface area (Å²) < 4.78 is 0. The second kappa shape index (κ2) is 4.55. The van der Waals surface area contributed by atoms with Crippen molar-refractivity contribution in [1.82, 2.24) is 4.98 Å². The Balaban J connectivity index is 2.49. The molecule has 0 fully saturated rings. The third kappa shape index (κ3) is 2.56. The zero-order valence-electron chi connectivity index (χ0n) is 5.50. The van der Waals surface area contributed by atoms with Gasteiger partial charge in [-0.25, -0.2) is 0 Å². The zero-order chi connectivity index (χ0) is 7.23. The average molecular weight is 213 g/mol. The first-order valence-corrected chi connectivity index (χ1v) is 5.61. The second-order valence-corrected chi connectivity index (χ2v) is 3.78. The Morgan fingerprint density at radius 1 is 1.70 bits per heavy atom. The molecule has 1 unspecified atom stereocenters. The molecule has 10 heavy (non-hydrogen) atoms. The van der Waals surface area contributed by atoms with Gasteiger partial charge in [0.1, 0.15) is 0 Å². The molecule has 1 atom stereocenters. The molecule has 0 saturated heterocycles. The van der Waals surface area contributed by atoms with Crippen LogP contribution in [0.1, 0.15) is 11.4 Å². The molecule has 0 aromatic carbocycles. The van der Waals surface area contributed by atoms with E-state index in [1.807, 2.05) is 5.38 Å². The molecule has 1 rings (SSSR count). The van der Waals surface area contributed by atoms with Crippen LogP contribution in [0.4, 0.5) is 0 Å². The Morgan fingerprint density at radius 2 is 2.60 bits per heavy atom. The summed E-state index contributed by atoms with van der Waals surface area (Å²) in [5, 5.41) is 4.06. The van der Waals surface area contributed by atoms with E-state index in [1.54, 1.807) is 34.4 Å². The van der Waals surface area contributed by atoms with Crippen molar-refractivity contribution in [2.75, 3.05) is 0 Å². The first-order chi connectivity index (χ1) is 4.93. The maximum absolute atomic E-state index is 4.04. The predicted molar refractivity (Wildman–Crippen MR) is 47.0 cm³/mol. The minimum absolute atomic E-state index is 0.931. The van der Waals surface area contributed by atoms with Gasteiger partial charge in [-0.2, -0.15) is 0 Å². The fourth-order valence-corrected chi connectivity index (χ4v) is 1.30. The number of aromatic nitrogens is 1. The van der Waals surface area contributed by atoms with Gasteiger partial charge in [0.15, 0.2) is 0 Å². The third-order valence-electron chi connectivity index (χ3n) is 0.897. The van der Waals surface area contributed by atoms with E-state index in [-0.39, 0.29) is 0 Å². The molecule has 0 aliphatic carbocycles. The van der Waals surface area contributed by atoms with E-state index >= 15 is 0 Å². The monoisotopic (exact) mass is 213 g/mol. The van der Waals surface area contributed by atoms with Gasteiger partial charge in [0.2, 0.25) is 0 Å². The van der Waals surface area contributed by atoms with Crippen LogP contribution in [-0.4, -0.2) is 21.8 Å². The molecule has 0 radical (unpaired) electrons. The standard InChI is InChI=1S/C7H8AsNS/c8-4-2-1-3-7-9-5-6-10-7/h5-6H,2,4,8H2. The molecule has 0 bridgehead atoms. The molecule has 3 heteroatoms. The molecule has 1 heterocycles. The van der Waals surface area contributed by atoms with Crippen molar-refractivity contribution in [2.24, 2.45) is 0 Å². The molecule has 0 spiro atoms. The quantitative estimate of drug-likeness (QED) is 0.499. The van der Waals surface area contributed by atoms with Crippen LogP contribution >= 0.6 is 11.3 Å². The molecule has 0 aliphatic rings. The molecular formula is C7H8AsNS. The third-order valence-corrected chi connectivity index (χ3v) is 2.19. The molecule has 0 aliphatic heterocycles. The molecule has 52 valence electrons. The van der Waals surface area contributed by atoms with Crippen molar-refractivity contribution in [3.63, 3.8) is 0 Å². The number of nitrogens with zero attached hydrogens (tertiary/aromatic N) is 1. The van der Waals surface area contributed by atoms with Gasteiger partial charge in [-0.15, -0.1) is 0 Å². The minimum atomic E-state index is 0.931. The first kappa shape index (κ1) is 7.85. The van der Waals surface area contributed by atoms with Crippen LogP contribution < -0.4 is 0 Å². The molecule has 1 nitrogen and oxygen atoms in total. The van der Waals surface area contributed by atoms with Crippen LogP contribution in [0.3, 0.4) is 0 Å². The summed E-state index contributed by atoms with van der Waals surface area (Å²) in [5.41, 5.74) is 0. The van der Waals surface area contributed by atoms with Gasteiger partial charge in [0.05, 0.1) is 0 Å². The van der Waals surface area contributed by atoms with E-state index in [9.17, 15) is 0 Å². The summed E-state index contributed by atoms with van der Waals surface area (Å²) in [7, 11) is 0. The first-order valence-electron chi connectivity index (χ1n) is 3.02. The van der Waals surface area contributed by atoms with Gasteiger partial charge in [-0.1, -0.05) is 0 Å². The summed E-state index contributed by atoms with van der Waals surface area (Å²) in [4.78, 5) is 4.04. The fraction of sp³-hybridized carbons (Fsp3) is 0.286. The van der Waals surface area contributed by atoms with E-state index in [0.29, 0.717) is 0 Å². The predicted octanol–water partition coefficient (Wildman–Crippen LogP) is 0.936. The van der Waals surface area contributed by atoms with Crippen molar-refractivity contribution < 1.29 is 0 Å². The molecule has 0 saturated carbocycles. The summed E-state index contributed by atoms with van der Waals surface area (Å²) in [5.74, 6) is 6.04. The van der Waals surface area contributed by atoms with Gasteiger partial charge in [0.25, 0.3) is 0 Å².